The normalized spacial score (nSPS) is 12.8. The number of nitrogens with one attached hydrogen (secondary N) is 1. The van der Waals surface area contributed by atoms with E-state index in [2.05, 4.69) is 19.2 Å². The molecule has 0 aromatic heterocycles. The Morgan fingerprint density at radius 3 is 2.50 bits per heavy atom. The van der Waals surface area contributed by atoms with Crippen molar-refractivity contribution < 1.29 is 23.5 Å². The standard InChI is InChI=1S/C22H26FNO4/c1-5-14(2)17-8-6-7-9-19(17)24-22(26)15(3)28-21(25)13-16-10-11-20(27-4)18(23)12-16/h6-12,14-15H,5,13H2,1-4H3,(H,24,26)/t14-,15-/m0/s1. The number of ether oxygens (including phenoxy) is 2. The SMILES string of the molecule is CC[C@H](C)c1ccccc1NC(=O)[C@H](C)OC(=O)Cc1ccc(OC)c(F)c1. The zero-order chi connectivity index (χ0) is 20.7. The highest BCUT2D eigenvalue weighted by atomic mass is 19.1. The van der Waals surface area contributed by atoms with E-state index in [0.29, 0.717) is 17.2 Å². The van der Waals surface area contributed by atoms with Crippen LogP contribution in [0.25, 0.3) is 0 Å². The molecule has 0 saturated heterocycles. The number of esters is 1. The number of carbonyl (C=O) groups excluding carboxylic acids is 2. The summed E-state index contributed by atoms with van der Waals surface area (Å²) in [5, 5.41) is 2.83. The monoisotopic (exact) mass is 387 g/mol. The van der Waals surface area contributed by atoms with Gasteiger partial charge >= 0.3 is 5.97 Å². The summed E-state index contributed by atoms with van der Waals surface area (Å²) in [6.07, 6.45) is -0.168. The van der Waals surface area contributed by atoms with Gasteiger partial charge in [-0.25, -0.2) is 4.39 Å². The van der Waals surface area contributed by atoms with E-state index in [1.54, 1.807) is 6.07 Å². The number of anilines is 1. The van der Waals surface area contributed by atoms with Crippen LogP contribution in [0.4, 0.5) is 10.1 Å². The Balaban J connectivity index is 1.97. The Kier molecular flexibility index (Phi) is 7.55. The second-order valence-electron chi connectivity index (χ2n) is 6.66. The molecule has 2 aromatic rings. The van der Waals surface area contributed by atoms with E-state index in [1.807, 2.05) is 24.3 Å². The third-order valence-electron chi connectivity index (χ3n) is 4.60. The molecular weight excluding hydrogens is 361 g/mol. The van der Waals surface area contributed by atoms with Gasteiger partial charge in [-0.3, -0.25) is 9.59 Å². The summed E-state index contributed by atoms with van der Waals surface area (Å²) in [5.74, 6) is -1.18. The molecule has 0 aliphatic heterocycles. The van der Waals surface area contributed by atoms with Crippen molar-refractivity contribution >= 4 is 17.6 Å². The maximum atomic E-state index is 13.7. The molecule has 2 rings (SSSR count). The molecule has 0 heterocycles. The highest BCUT2D eigenvalue weighted by Gasteiger charge is 2.20. The van der Waals surface area contributed by atoms with Gasteiger partial charge in [-0.15, -0.1) is 0 Å². The number of rotatable bonds is 8. The minimum atomic E-state index is -0.972. The lowest BCUT2D eigenvalue weighted by molar-refractivity contribution is -0.152. The second kappa shape index (κ2) is 9.88. The maximum Gasteiger partial charge on any atom is 0.311 e. The number of benzene rings is 2. The molecule has 5 nitrogen and oxygen atoms in total. The molecule has 1 N–H and O–H groups in total. The molecular formula is C22H26FNO4. The summed E-state index contributed by atoms with van der Waals surface area (Å²) in [6, 6.07) is 11.8. The lowest BCUT2D eigenvalue weighted by atomic mass is 9.97. The van der Waals surface area contributed by atoms with E-state index in [9.17, 15) is 14.0 Å². The molecule has 0 fully saturated rings. The maximum absolute atomic E-state index is 13.7. The molecule has 0 aliphatic rings. The quantitative estimate of drug-likeness (QED) is 0.679. The molecule has 1 amide bonds. The van der Waals surface area contributed by atoms with Gasteiger partial charge in [0.2, 0.25) is 0 Å². The van der Waals surface area contributed by atoms with Crippen LogP contribution in [0.15, 0.2) is 42.5 Å². The first-order valence-electron chi connectivity index (χ1n) is 9.27. The Morgan fingerprint density at radius 1 is 1.14 bits per heavy atom. The predicted octanol–water partition coefficient (Wildman–Crippen LogP) is 4.46. The van der Waals surface area contributed by atoms with Crippen LogP contribution in [-0.4, -0.2) is 25.1 Å². The van der Waals surface area contributed by atoms with Gasteiger partial charge in [0.1, 0.15) is 0 Å². The Morgan fingerprint density at radius 2 is 1.86 bits per heavy atom. The van der Waals surface area contributed by atoms with E-state index in [1.165, 1.54) is 26.2 Å². The van der Waals surface area contributed by atoms with E-state index < -0.39 is 23.8 Å². The average molecular weight is 387 g/mol. The topological polar surface area (TPSA) is 64.6 Å². The fourth-order valence-corrected chi connectivity index (χ4v) is 2.77. The molecule has 2 aromatic carbocycles. The zero-order valence-corrected chi connectivity index (χ0v) is 16.6. The minimum absolute atomic E-state index is 0.102. The van der Waals surface area contributed by atoms with Crippen molar-refractivity contribution in [1.82, 2.24) is 0 Å². The van der Waals surface area contributed by atoms with Crippen LogP contribution in [0.5, 0.6) is 5.75 Å². The van der Waals surface area contributed by atoms with Crippen LogP contribution < -0.4 is 10.1 Å². The van der Waals surface area contributed by atoms with Crippen LogP contribution in [0, 0.1) is 5.82 Å². The van der Waals surface area contributed by atoms with Gasteiger partial charge in [0.05, 0.1) is 13.5 Å². The predicted molar refractivity (Wildman–Crippen MR) is 106 cm³/mol. The van der Waals surface area contributed by atoms with E-state index >= 15 is 0 Å². The average Bonchev–Trinajstić information content (AvgIpc) is 2.67. The van der Waals surface area contributed by atoms with Gasteiger partial charge in [-0.05, 0) is 48.6 Å². The number of carbonyl (C=O) groups is 2. The second-order valence-corrected chi connectivity index (χ2v) is 6.66. The lowest BCUT2D eigenvalue weighted by Crippen LogP contribution is -2.30. The summed E-state index contributed by atoms with van der Waals surface area (Å²) in [4.78, 5) is 24.5. The fourth-order valence-electron chi connectivity index (χ4n) is 2.77. The zero-order valence-electron chi connectivity index (χ0n) is 16.6. The molecule has 28 heavy (non-hydrogen) atoms. The molecule has 0 spiro atoms. The molecule has 0 unspecified atom stereocenters. The molecule has 6 heteroatoms. The summed E-state index contributed by atoms with van der Waals surface area (Å²) < 4.78 is 23.8. The highest BCUT2D eigenvalue weighted by molar-refractivity contribution is 5.95. The van der Waals surface area contributed by atoms with Crippen molar-refractivity contribution in [3.63, 3.8) is 0 Å². The number of hydrogen-bond donors (Lipinski definition) is 1. The van der Waals surface area contributed by atoms with Crippen LogP contribution in [0.2, 0.25) is 0 Å². The molecule has 0 aliphatic carbocycles. The highest BCUT2D eigenvalue weighted by Crippen LogP contribution is 2.26. The van der Waals surface area contributed by atoms with Crippen molar-refractivity contribution in [1.29, 1.82) is 0 Å². The van der Waals surface area contributed by atoms with Crippen molar-refractivity contribution in [3.05, 3.63) is 59.4 Å². The van der Waals surface area contributed by atoms with Crippen molar-refractivity contribution in [2.75, 3.05) is 12.4 Å². The molecule has 0 radical (unpaired) electrons. The van der Waals surface area contributed by atoms with Crippen molar-refractivity contribution in [2.24, 2.45) is 0 Å². The van der Waals surface area contributed by atoms with Crippen LogP contribution in [0.1, 0.15) is 44.2 Å². The summed E-state index contributed by atoms with van der Waals surface area (Å²) in [6.45, 7) is 5.67. The number of halogens is 1. The van der Waals surface area contributed by atoms with Gasteiger partial charge in [-0.1, -0.05) is 38.1 Å². The first-order chi connectivity index (χ1) is 13.3. The van der Waals surface area contributed by atoms with Gasteiger partial charge in [-0.2, -0.15) is 0 Å². The number of hydrogen-bond acceptors (Lipinski definition) is 4. The summed E-state index contributed by atoms with van der Waals surface area (Å²) in [5.41, 5.74) is 2.19. The summed E-state index contributed by atoms with van der Waals surface area (Å²) >= 11 is 0. The molecule has 0 saturated carbocycles. The summed E-state index contributed by atoms with van der Waals surface area (Å²) in [7, 11) is 1.37. The Bertz CT molecular complexity index is 837. The number of para-hydroxylation sites is 1. The largest absolute Gasteiger partial charge is 0.494 e. The third-order valence-corrected chi connectivity index (χ3v) is 4.60. The van der Waals surface area contributed by atoms with E-state index in [4.69, 9.17) is 9.47 Å². The van der Waals surface area contributed by atoms with Crippen LogP contribution in [-0.2, 0) is 20.7 Å². The molecule has 150 valence electrons. The Hall–Kier alpha value is -2.89. The first kappa shape index (κ1) is 21.4. The number of methoxy groups -OCH3 is 1. The first-order valence-corrected chi connectivity index (χ1v) is 9.27. The van der Waals surface area contributed by atoms with Crippen LogP contribution >= 0.6 is 0 Å². The van der Waals surface area contributed by atoms with Crippen molar-refractivity contribution in [2.45, 2.75) is 45.6 Å². The van der Waals surface area contributed by atoms with E-state index in [-0.39, 0.29) is 12.2 Å². The Labute approximate surface area is 164 Å². The lowest BCUT2D eigenvalue weighted by Gasteiger charge is -2.18. The molecule has 0 bridgehead atoms. The number of amides is 1. The van der Waals surface area contributed by atoms with E-state index in [0.717, 1.165) is 12.0 Å². The van der Waals surface area contributed by atoms with Crippen LogP contribution in [0.3, 0.4) is 0 Å². The smallest absolute Gasteiger partial charge is 0.311 e. The van der Waals surface area contributed by atoms with Gasteiger partial charge in [0.15, 0.2) is 17.7 Å². The van der Waals surface area contributed by atoms with Gasteiger partial charge in [0, 0.05) is 5.69 Å². The fraction of sp³-hybridized carbons (Fsp3) is 0.364. The van der Waals surface area contributed by atoms with Gasteiger partial charge < -0.3 is 14.8 Å². The minimum Gasteiger partial charge on any atom is -0.494 e. The third kappa shape index (κ3) is 5.55. The van der Waals surface area contributed by atoms with Crippen molar-refractivity contribution in [3.8, 4) is 5.75 Å². The van der Waals surface area contributed by atoms with Gasteiger partial charge in [0.25, 0.3) is 5.91 Å². The molecule has 2 atom stereocenters.